The molecule has 1 aliphatic heterocycles. The first kappa shape index (κ1) is 13.4. The molecule has 0 aliphatic carbocycles. The van der Waals surface area contributed by atoms with Gasteiger partial charge in [0, 0.05) is 6.04 Å². The molecule has 2 N–H and O–H groups in total. The summed E-state index contributed by atoms with van der Waals surface area (Å²) in [6, 6.07) is 9.09. The summed E-state index contributed by atoms with van der Waals surface area (Å²) in [6.07, 6.45) is 10.4. The summed E-state index contributed by atoms with van der Waals surface area (Å²) in [5, 5.41) is 2.01. The molecule has 18 heavy (non-hydrogen) atoms. The van der Waals surface area contributed by atoms with Gasteiger partial charge in [0.2, 0.25) is 0 Å². The molecule has 2 rings (SSSR count). The molecule has 0 saturated heterocycles. The van der Waals surface area contributed by atoms with E-state index in [9.17, 15) is 0 Å². The molecule has 1 aliphatic rings. The number of benzene rings is 1. The predicted molar refractivity (Wildman–Crippen MR) is 78.6 cm³/mol. The van der Waals surface area contributed by atoms with E-state index in [4.69, 9.17) is 5.84 Å². The van der Waals surface area contributed by atoms with E-state index in [0.29, 0.717) is 6.04 Å². The van der Waals surface area contributed by atoms with Crippen LogP contribution < -0.4 is 10.9 Å². The topological polar surface area (TPSA) is 29.3 Å². The fourth-order valence-corrected chi connectivity index (χ4v) is 2.90. The SMILES string of the molecule is CCCCCCCC1CCc2ccccc2N1N. The predicted octanol–water partition coefficient (Wildman–Crippen LogP) is 4.04. The van der Waals surface area contributed by atoms with Crippen LogP contribution in [0.2, 0.25) is 0 Å². The van der Waals surface area contributed by atoms with E-state index in [1.54, 1.807) is 0 Å². The average molecular weight is 246 g/mol. The van der Waals surface area contributed by atoms with Gasteiger partial charge in [-0.2, -0.15) is 0 Å². The molecule has 0 bridgehead atoms. The van der Waals surface area contributed by atoms with Crippen LogP contribution in [0.15, 0.2) is 24.3 Å². The van der Waals surface area contributed by atoms with Crippen molar-refractivity contribution in [3.05, 3.63) is 29.8 Å². The minimum Gasteiger partial charge on any atom is -0.308 e. The van der Waals surface area contributed by atoms with Crippen molar-refractivity contribution < 1.29 is 0 Å². The van der Waals surface area contributed by atoms with Gasteiger partial charge in [-0.15, -0.1) is 0 Å². The molecule has 1 aromatic carbocycles. The lowest BCUT2D eigenvalue weighted by Crippen LogP contribution is -2.44. The van der Waals surface area contributed by atoms with Crippen LogP contribution in [-0.2, 0) is 6.42 Å². The number of nitrogens with zero attached hydrogens (tertiary/aromatic N) is 1. The van der Waals surface area contributed by atoms with Gasteiger partial charge in [-0.1, -0.05) is 57.2 Å². The number of hydrogen-bond donors (Lipinski definition) is 1. The zero-order valence-corrected chi connectivity index (χ0v) is 11.6. The van der Waals surface area contributed by atoms with Gasteiger partial charge in [-0.05, 0) is 30.9 Å². The Morgan fingerprint density at radius 1 is 1.17 bits per heavy atom. The molecule has 1 aromatic rings. The van der Waals surface area contributed by atoms with Crippen molar-refractivity contribution in [3.63, 3.8) is 0 Å². The largest absolute Gasteiger partial charge is 0.308 e. The van der Waals surface area contributed by atoms with Gasteiger partial charge >= 0.3 is 0 Å². The van der Waals surface area contributed by atoms with E-state index in [-0.39, 0.29) is 0 Å². The van der Waals surface area contributed by atoms with Crippen LogP contribution in [-0.4, -0.2) is 6.04 Å². The van der Waals surface area contributed by atoms with E-state index in [1.165, 1.54) is 62.6 Å². The van der Waals surface area contributed by atoms with Crippen LogP contribution >= 0.6 is 0 Å². The van der Waals surface area contributed by atoms with Crippen LogP contribution in [0.5, 0.6) is 0 Å². The van der Waals surface area contributed by atoms with Crippen LogP contribution in [0, 0.1) is 0 Å². The normalized spacial score (nSPS) is 18.8. The number of rotatable bonds is 6. The van der Waals surface area contributed by atoms with Crippen LogP contribution in [0.1, 0.15) is 57.4 Å². The first-order chi connectivity index (χ1) is 8.83. The zero-order valence-electron chi connectivity index (χ0n) is 11.6. The Bertz CT molecular complexity index is 362. The van der Waals surface area contributed by atoms with Gasteiger partial charge in [0.1, 0.15) is 0 Å². The summed E-state index contributed by atoms with van der Waals surface area (Å²) >= 11 is 0. The Morgan fingerprint density at radius 2 is 1.94 bits per heavy atom. The maximum absolute atomic E-state index is 6.26. The Hall–Kier alpha value is -1.02. The lowest BCUT2D eigenvalue weighted by molar-refractivity contribution is 0.472. The summed E-state index contributed by atoms with van der Waals surface area (Å²) in [4.78, 5) is 0. The summed E-state index contributed by atoms with van der Waals surface area (Å²) in [5.41, 5.74) is 2.64. The van der Waals surface area contributed by atoms with Crippen molar-refractivity contribution >= 4 is 5.69 Å². The quantitative estimate of drug-likeness (QED) is 0.606. The molecule has 1 atom stereocenters. The maximum atomic E-state index is 6.26. The smallest absolute Gasteiger partial charge is 0.0552 e. The van der Waals surface area contributed by atoms with Crippen molar-refractivity contribution in [3.8, 4) is 0 Å². The molecule has 2 nitrogen and oxygen atoms in total. The Balaban J connectivity index is 1.82. The number of unbranched alkanes of at least 4 members (excludes halogenated alkanes) is 4. The summed E-state index contributed by atoms with van der Waals surface area (Å²) in [7, 11) is 0. The lowest BCUT2D eigenvalue weighted by Gasteiger charge is -2.35. The third-order valence-corrected chi connectivity index (χ3v) is 4.05. The van der Waals surface area contributed by atoms with E-state index in [2.05, 4.69) is 31.2 Å². The van der Waals surface area contributed by atoms with Gasteiger partial charge in [0.25, 0.3) is 0 Å². The lowest BCUT2D eigenvalue weighted by atomic mass is 9.94. The van der Waals surface area contributed by atoms with Gasteiger partial charge in [-0.25, -0.2) is 5.84 Å². The second kappa shape index (κ2) is 6.79. The summed E-state index contributed by atoms with van der Waals surface area (Å²) in [6.45, 7) is 2.26. The van der Waals surface area contributed by atoms with Crippen molar-refractivity contribution in [2.24, 2.45) is 5.84 Å². The second-order valence-electron chi connectivity index (χ2n) is 5.43. The fraction of sp³-hybridized carbons (Fsp3) is 0.625. The maximum Gasteiger partial charge on any atom is 0.0552 e. The number of aryl methyl sites for hydroxylation is 1. The van der Waals surface area contributed by atoms with E-state index >= 15 is 0 Å². The molecule has 0 radical (unpaired) electrons. The standard InChI is InChI=1S/C16H26N2/c1-2-3-4-5-6-10-15-13-12-14-9-7-8-11-16(14)18(15)17/h7-9,11,15H,2-6,10,12-13,17H2,1H3. The minimum absolute atomic E-state index is 0.543. The molecular weight excluding hydrogens is 220 g/mol. The van der Waals surface area contributed by atoms with Gasteiger partial charge in [0.05, 0.1) is 5.69 Å². The Morgan fingerprint density at radius 3 is 2.78 bits per heavy atom. The van der Waals surface area contributed by atoms with Crippen molar-refractivity contribution in [2.75, 3.05) is 5.01 Å². The summed E-state index contributed by atoms with van der Waals surface area (Å²) < 4.78 is 0. The highest BCUT2D eigenvalue weighted by atomic mass is 15.4. The summed E-state index contributed by atoms with van der Waals surface area (Å²) in [5.74, 6) is 6.26. The minimum atomic E-state index is 0.543. The highest BCUT2D eigenvalue weighted by Crippen LogP contribution is 2.29. The number of hydrazine groups is 1. The van der Waals surface area contributed by atoms with Crippen LogP contribution in [0.3, 0.4) is 0 Å². The van der Waals surface area contributed by atoms with E-state index in [1.807, 2.05) is 5.01 Å². The van der Waals surface area contributed by atoms with Crippen LogP contribution in [0.25, 0.3) is 0 Å². The number of hydrogen-bond acceptors (Lipinski definition) is 2. The first-order valence-electron chi connectivity index (χ1n) is 7.44. The van der Waals surface area contributed by atoms with Gasteiger partial charge in [-0.3, -0.25) is 0 Å². The molecule has 0 amide bonds. The molecule has 0 aromatic heterocycles. The first-order valence-corrected chi connectivity index (χ1v) is 7.44. The highest BCUT2D eigenvalue weighted by molar-refractivity contribution is 5.55. The molecule has 0 spiro atoms. The average Bonchev–Trinajstić information content (AvgIpc) is 2.41. The zero-order chi connectivity index (χ0) is 12.8. The number of anilines is 1. The van der Waals surface area contributed by atoms with Crippen molar-refractivity contribution in [2.45, 2.75) is 64.3 Å². The Labute approximate surface area is 111 Å². The molecule has 1 heterocycles. The van der Waals surface area contributed by atoms with E-state index < -0.39 is 0 Å². The molecule has 100 valence electrons. The van der Waals surface area contributed by atoms with Crippen LogP contribution in [0.4, 0.5) is 5.69 Å². The third kappa shape index (κ3) is 3.26. The van der Waals surface area contributed by atoms with E-state index in [0.717, 1.165) is 0 Å². The molecule has 0 fully saturated rings. The Kier molecular flexibility index (Phi) is 5.06. The third-order valence-electron chi connectivity index (χ3n) is 4.05. The van der Waals surface area contributed by atoms with Gasteiger partial charge in [0.15, 0.2) is 0 Å². The van der Waals surface area contributed by atoms with Crippen molar-refractivity contribution in [1.82, 2.24) is 0 Å². The molecular formula is C16H26N2. The molecule has 0 saturated carbocycles. The fourth-order valence-electron chi connectivity index (χ4n) is 2.90. The monoisotopic (exact) mass is 246 g/mol. The number of nitrogens with two attached hydrogens (primary N) is 1. The highest BCUT2D eigenvalue weighted by Gasteiger charge is 2.22. The van der Waals surface area contributed by atoms with Crippen molar-refractivity contribution in [1.29, 1.82) is 0 Å². The number of para-hydroxylation sites is 1. The molecule has 1 unspecified atom stereocenters. The van der Waals surface area contributed by atoms with Gasteiger partial charge < -0.3 is 5.01 Å². The number of fused-ring (bicyclic) bond motifs is 1. The molecule has 2 heteroatoms. The second-order valence-corrected chi connectivity index (χ2v) is 5.43.